The molecule has 0 radical (unpaired) electrons. The van der Waals surface area contributed by atoms with Crippen LogP contribution in [0.25, 0.3) is 0 Å². The van der Waals surface area contributed by atoms with Crippen LogP contribution in [0.2, 0.25) is 0 Å². The van der Waals surface area contributed by atoms with Gasteiger partial charge in [-0.2, -0.15) is 0 Å². The van der Waals surface area contributed by atoms with Gasteiger partial charge in [-0.15, -0.1) is 0 Å². The standard InChI is InChI=1S/C20H25NO7/c1-12(22)27-15-16(28-13(2)23)18(24)21(11-14-9-7-6-8-10-14)17(15)20(3,4)19(25)26-5/h6-10,15-17H,11H2,1-5H3/t15-,16-,17?/m0/s1. The second-order valence-electron chi connectivity index (χ2n) is 7.21. The molecule has 152 valence electrons. The Labute approximate surface area is 163 Å². The summed E-state index contributed by atoms with van der Waals surface area (Å²) in [5, 5.41) is 0. The summed E-state index contributed by atoms with van der Waals surface area (Å²) in [6.45, 7) is 5.71. The summed E-state index contributed by atoms with van der Waals surface area (Å²) in [6, 6.07) is 8.26. The zero-order valence-electron chi connectivity index (χ0n) is 16.6. The summed E-state index contributed by atoms with van der Waals surface area (Å²) in [6.07, 6.45) is -2.48. The van der Waals surface area contributed by atoms with Gasteiger partial charge in [0.1, 0.15) is 0 Å². The van der Waals surface area contributed by atoms with Crippen molar-refractivity contribution in [2.75, 3.05) is 7.11 Å². The van der Waals surface area contributed by atoms with Crippen LogP contribution in [-0.4, -0.2) is 54.1 Å². The van der Waals surface area contributed by atoms with Crippen molar-refractivity contribution in [2.24, 2.45) is 5.41 Å². The first kappa shape index (κ1) is 21.4. The minimum absolute atomic E-state index is 0.153. The SMILES string of the molecule is COC(=O)C(C)(C)C1[C@@H](OC(C)=O)[C@H](OC(C)=O)C(=O)N1Cc1ccccc1. The van der Waals surface area contributed by atoms with Crippen molar-refractivity contribution >= 4 is 23.8 Å². The molecule has 0 bridgehead atoms. The third-order valence-electron chi connectivity index (χ3n) is 4.71. The number of ether oxygens (including phenoxy) is 3. The number of carbonyl (C=O) groups is 4. The quantitative estimate of drug-likeness (QED) is 0.535. The van der Waals surface area contributed by atoms with E-state index >= 15 is 0 Å². The average Bonchev–Trinajstić information content (AvgIpc) is 2.86. The van der Waals surface area contributed by atoms with Crippen LogP contribution in [0.5, 0.6) is 0 Å². The van der Waals surface area contributed by atoms with E-state index in [1.54, 1.807) is 13.8 Å². The molecule has 3 atom stereocenters. The normalized spacial score (nSPS) is 22.0. The first-order chi connectivity index (χ1) is 13.1. The summed E-state index contributed by atoms with van der Waals surface area (Å²) in [5.41, 5.74) is -0.416. The highest BCUT2D eigenvalue weighted by molar-refractivity contribution is 5.89. The lowest BCUT2D eigenvalue weighted by atomic mass is 9.81. The van der Waals surface area contributed by atoms with Crippen molar-refractivity contribution in [3.63, 3.8) is 0 Å². The number of amides is 1. The average molecular weight is 391 g/mol. The Hall–Kier alpha value is -2.90. The van der Waals surface area contributed by atoms with E-state index < -0.39 is 47.5 Å². The van der Waals surface area contributed by atoms with Gasteiger partial charge in [0.15, 0.2) is 6.10 Å². The second kappa shape index (κ2) is 8.41. The van der Waals surface area contributed by atoms with Gasteiger partial charge in [0.2, 0.25) is 6.10 Å². The summed E-state index contributed by atoms with van der Waals surface area (Å²) in [7, 11) is 1.24. The van der Waals surface area contributed by atoms with Crippen LogP contribution in [0.4, 0.5) is 0 Å². The predicted molar refractivity (Wildman–Crippen MR) is 97.7 cm³/mol. The van der Waals surface area contributed by atoms with Crippen molar-refractivity contribution in [1.29, 1.82) is 0 Å². The molecule has 1 heterocycles. The molecule has 1 aromatic carbocycles. The van der Waals surface area contributed by atoms with E-state index in [0.717, 1.165) is 5.56 Å². The predicted octanol–water partition coefficient (Wildman–Crippen LogP) is 1.46. The molecule has 0 N–H and O–H groups in total. The zero-order valence-corrected chi connectivity index (χ0v) is 16.6. The molecule has 1 aliphatic heterocycles. The van der Waals surface area contributed by atoms with Gasteiger partial charge < -0.3 is 19.1 Å². The second-order valence-corrected chi connectivity index (χ2v) is 7.21. The van der Waals surface area contributed by atoms with Crippen molar-refractivity contribution in [1.82, 2.24) is 4.90 Å². The molecule has 28 heavy (non-hydrogen) atoms. The maximum atomic E-state index is 13.1. The third kappa shape index (κ3) is 4.32. The lowest BCUT2D eigenvalue weighted by Crippen LogP contribution is -2.52. The Morgan fingerprint density at radius 1 is 1.04 bits per heavy atom. The number of hydrogen-bond acceptors (Lipinski definition) is 7. The molecule has 1 saturated heterocycles. The highest BCUT2D eigenvalue weighted by Crippen LogP contribution is 2.39. The van der Waals surface area contributed by atoms with Crippen LogP contribution in [0.1, 0.15) is 33.3 Å². The molecule has 0 spiro atoms. The van der Waals surface area contributed by atoms with E-state index in [1.165, 1.54) is 25.9 Å². The van der Waals surface area contributed by atoms with Gasteiger partial charge in [-0.05, 0) is 19.4 Å². The van der Waals surface area contributed by atoms with Gasteiger partial charge >= 0.3 is 17.9 Å². The summed E-state index contributed by atoms with van der Waals surface area (Å²) in [5.74, 6) is -2.45. The number of nitrogens with zero attached hydrogens (tertiary/aromatic N) is 1. The molecule has 8 nitrogen and oxygen atoms in total. The van der Waals surface area contributed by atoms with Gasteiger partial charge in [-0.25, -0.2) is 0 Å². The van der Waals surface area contributed by atoms with E-state index in [4.69, 9.17) is 14.2 Å². The smallest absolute Gasteiger partial charge is 0.313 e. The first-order valence-corrected chi connectivity index (χ1v) is 8.86. The van der Waals surface area contributed by atoms with Crippen LogP contribution >= 0.6 is 0 Å². The van der Waals surface area contributed by atoms with Crippen LogP contribution in [0.3, 0.4) is 0 Å². The van der Waals surface area contributed by atoms with E-state index in [2.05, 4.69) is 0 Å². The van der Waals surface area contributed by atoms with Gasteiger partial charge in [-0.1, -0.05) is 30.3 Å². The Morgan fingerprint density at radius 3 is 2.11 bits per heavy atom. The number of likely N-dealkylation sites (tertiary alicyclic amines) is 1. The van der Waals surface area contributed by atoms with E-state index in [1.807, 2.05) is 30.3 Å². The maximum Gasteiger partial charge on any atom is 0.313 e. The Morgan fingerprint density at radius 2 is 1.61 bits per heavy atom. The summed E-state index contributed by atoms with van der Waals surface area (Å²) >= 11 is 0. The van der Waals surface area contributed by atoms with Gasteiger partial charge in [0.05, 0.1) is 18.6 Å². The van der Waals surface area contributed by atoms with Crippen molar-refractivity contribution < 1.29 is 33.4 Å². The topological polar surface area (TPSA) is 99.2 Å². The molecular formula is C20H25NO7. The maximum absolute atomic E-state index is 13.1. The van der Waals surface area contributed by atoms with E-state index in [9.17, 15) is 19.2 Å². The molecule has 1 fully saturated rings. The number of methoxy groups -OCH3 is 1. The molecule has 1 aromatic rings. The van der Waals surface area contributed by atoms with Crippen molar-refractivity contribution in [3.8, 4) is 0 Å². The Bertz CT molecular complexity index is 759. The monoisotopic (exact) mass is 391 g/mol. The van der Waals surface area contributed by atoms with E-state index in [-0.39, 0.29) is 6.54 Å². The molecule has 0 saturated carbocycles. The number of rotatable bonds is 6. The number of hydrogen-bond donors (Lipinski definition) is 0. The summed E-state index contributed by atoms with van der Waals surface area (Å²) < 4.78 is 15.5. The molecule has 0 aromatic heterocycles. The Kier molecular flexibility index (Phi) is 6.43. The molecule has 2 rings (SSSR count). The minimum Gasteiger partial charge on any atom is -0.469 e. The van der Waals surface area contributed by atoms with Crippen LogP contribution in [-0.2, 0) is 39.9 Å². The molecule has 1 amide bonds. The molecule has 8 heteroatoms. The molecule has 1 unspecified atom stereocenters. The van der Waals surface area contributed by atoms with Crippen molar-refractivity contribution in [2.45, 2.75) is 52.5 Å². The molecule has 0 aliphatic carbocycles. The molecular weight excluding hydrogens is 366 g/mol. The summed E-state index contributed by atoms with van der Waals surface area (Å²) in [4.78, 5) is 50.3. The largest absolute Gasteiger partial charge is 0.469 e. The van der Waals surface area contributed by atoms with Gasteiger partial charge in [0, 0.05) is 20.4 Å². The van der Waals surface area contributed by atoms with Crippen molar-refractivity contribution in [3.05, 3.63) is 35.9 Å². The van der Waals surface area contributed by atoms with Gasteiger partial charge in [0.25, 0.3) is 5.91 Å². The fourth-order valence-electron chi connectivity index (χ4n) is 3.54. The Balaban J connectivity index is 2.53. The van der Waals surface area contributed by atoms with Crippen LogP contribution in [0, 0.1) is 5.41 Å². The third-order valence-corrected chi connectivity index (χ3v) is 4.71. The lowest BCUT2D eigenvalue weighted by Gasteiger charge is -2.37. The highest BCUT2D eigenvalue weighted by atomic mass is 16.6. The number of benzene rings is 1. The fourth-order valence-corrected chi connectivity index (χ4v) is 3.54. The van der Waals surface area contributed by atoms with Crippen LogP contribution < -0.4 is 0 Å². The molecule has 1 aliphatic rings. The number of esters is 3. The zero-order chi connectivity index (χ0) is 21.1. The van der Waals surface area contributed by atoms with E-state index in [0.29, 0.717) is 0 Å². The highest BCUT2D eigenvalue weighted by Gasteiger charge is 2.59. The first-order valence-electron chi connectivity index (χ1n) is 8.86. The van der Waals surface area contributed by atoms with Crippen LogP contribution in [0.15, 0.2) is 30.3 Å². The fraction of sp³-hybridized carbons (Fsp3) is 0.500. The lowest BCUT2D eigenvalue weighted by molar-refractivity contribution is -0.170. The van der Waals surface area contributed by atoms with Gasteiger partial charge in [-0.3, -0.25) is 19.2 Å². The minimum atomic E-state index is -1.33. The number of carbonyl (C=O) groups excluding carboxylic acids is 4.